The quantitative estimate of drug-likeness (QED) is 0.671. The number of benzene rings is 1. The molecule has 0 saturated heterocycles. The number of aliphatic hydroxyl groups is 1. The van der Waals surface area contributed by atoms with Crippen LogP contribution >= 0.6 is 0 Å². The monoisotopic (exact) mass is 372 g/mol. The first-order valence-electron chi connectivity index (χ1n) is 8.95. The van der Waals surface area contributed by atoms with Gasteiger partial charge in [-0.2, -0.15) is 4.98 Å². The van der Waals surface area contributed by atoms with E-state index in [2.05, 4.69) is 4.98 Å². The summed E-state index contributed by atoms with van der Waals surface area (Å²) in [7, 11) is 1.58. The lowest BCUT2D eigenvalue weighted by molar-refractivity contribution is 0.214. The van der Waals surface area contributed by atoms with Crippen LogP contribution in [-0.4, -0.2) is 36.5 Å². The van der Waals surface area contributed by atoms with Gasteiger partial charge in [0.15, 0.2) is 11.2 Å². The van der Waals surface area contributed by atoms with Crippen molar-refractivity contribution in [3.05, 3.63) is 56.7 Å². The van der Waals surface area contributed by atoms with Crippen LogP contribution in [0.5, 0.6) is 6.01 Å². The minimum atomic E-state index is -0.457. The Balaban J connectivity index is 2.27. The number of rotatable bonds is 7. The molecule has 2 aromatic heterocycles. The second-order valence-corrected chi connectivity index (χ2v) is 6.68. The summed E-state index contributed by atoms with van der Waals surface area (Å²) in [6.07, 6.45) is 0.188. The molecule has 0 radical (unpaired) electrons. The number of aliphatic hydroxyl groups excluding tert-OH is 1. The van der Waals surface area contributed by atoms with Gasteiger partial charge in [0.25, 0.3) is 11.6 Å². The van der Waals surface area contributed by atoms with E-state index in [0.29, 0.717) is 24.5 Å². The van der Waals surface area contributed by atoms with Gasteiger partial charge in [-0.25, -0.2) is 4.79 Å². The van der Waals surface area contributed by atoms with E-state index in [9.17, 15) is 9.59 Å². The first-order chi connectivity index (χ1) is 12.9. The van der Waals surface area contributed by atoms with Crippen molar-refractivity contribution in [3.63, 3.8) is 0 Å². The van der Waals surface area contributed by atoms with Crippen molar-refractivity contribution in [1.82, 2.24) is 18.7 Å². The molecule has 0 saturated carbocycles. The van der Waals surface area contributed by atoms with Crippen molar-refractivity contribution in [2.75, 3.05) is 6.61 Å². The van der Waals surface area contributed by atoms with E-state index >= 15 is 0 Å². The molecule has 0 atom stereocenters. The van der Waals surface area contributed by atoms with Gasteiger partial charge in [-0.3, -0.25) is 18.5 Å². The van der Waals surface area contributed by atoms with Crippen LogP contribution in [0.25, 0.3) is 11.2 Å². The number of hydrogen-bond donors (Lipinski definition) is 1. The molecule has 0 aliphatic heterocycles. The van der Waals surface area contributed by atoms with Crippen LogP contribution in [0, 0.1) is 0 Å². The van der Waals surface area contributed by atoms with Crippen molar-refractivity contribution >= 4 is 11.2 Å². The highest BCUT2D eigenvalue weighted by Gasteiger charge is 2.21. The lowest BCUT2D eigenvalue weighted by Gasteiger charge is -2.12. The summed E-state index contributed by atoms with van der Waals surface area (Å²) in [6, 6.07) is 9.98. The van der Waals surface area contributed by atoms with Crippen LogP contribution in [0.4, 0.5) is 0 Å². The second kappa shape index (κ2) is 7.79. The molecule has 3 aromatic rings. The Morgan fingerprint density at radius 2 is 1.85 bits per heavy atom. The summed E-state index contributed by atoms with van der Waals surface area (Å²) in [5, 5.41) is 9.08. The molecule has 27 heavy (non-hydrogen) atoms. The summed E-state index contributed by atoms with van der Waals surface area (Å²) in [5.74, 6) is 0. The average Bonchev–Trinajstić information content (AvgIpc) is 2.98. The molecule has 1 N–H and O–H groups in total. The summed E-state index contributed by atoms with van der Waals surface area (Å²) in [5.41, 5.74) is 0.705. The van der Waals surface area contributed by atoms with Gasteiger partial charge >= 0.3 is 5.69 Å². The smallest absolute Gasteiger partial charge is 0.332 e. The molecule has 3 rings (SSSR count). The van der Waals surface area contributed by atoms with E-state index in [1.165, 1.54) is 4.57 Å². The number of nitrogens with zero attached hydrogens (tertiary/aromatic N) is 4. The zero-order valence-electron chi connectivity index (χ0n) is 15.8. The maximum absolute atomic E-state index is 13.1. The van der Waals surface area contributed by atoms with Gasteiger partial charge in [-0.05, 0) is 25.8 Å². The minimum absolute atomic E-state index is 0.0986. The molecule has 144 valence electrons. The first-order valence-corrected chi connectivity index (χ1v) is 8.95. The van der Waals surface area contributed by atoms with Gasteiger partial charge in [0.1, 0.15) is 0 Å². The molecule has 2 heterocycles. The number of aromatic nitrogens is 4. The van der Waals surface area contributed by atoms with Crippen molar-refractivity contribution in [3.8, 4) is 6.01 Å². The third kappa shape index (κ3) is 3.66. The zero-order chi connectivity index (χ0) is 19.6. The predicted octanol–water partition coefficient (Wildman–Crippen LogP) is 1.11. The van der Waals surface area contributed by atoms with E-state index in [4.69, 9.17) is 9.84 Å². The SMILES string of the molecule is CC(C)Oc1nc2c(c(=O)n(CCCO)c(=O)n2C)n1Cc1ccccc1. The standard InChI is InChI=1S/C19H24N4O4/c1-13(2)27-18-20-16-15(23(18)12-14-8-5-4-6-9-14)17(25)22(10-7-11-24)19(26)21(16)3/h4-6,8-9,13,24H,7,10-12H2,1-3H3. The normalized spacial score (nSPS) is 11.4. The molecule has 0 bridgehead atoms. The average molecular weight is 372 g/mol. The molecule has 8 heteroatoms. The lowest BCUT2D eigenvalue weighted by Crippen LogP contribution is -2.39. The molecule has 8 nitrogen and oxygen atoms in total. The Kier molecular flexibility index (Phi) is 5.46. The second-order valence-electron chi connectivity index (χ2n) is 6.68. The zero-order valence-corrected chi connectivity index (χ0v) is 15.8. The number of imidazole rings is 1. The summed E-state index contributed by atoms with van der Waals surface area (Å²) in [6.45, 7) is 4.20. The highest BCUT2D eigenvalue weighted by molar-refractivity contribution is 5.72. The third-order valence-corrected chi connectivity index (χ3v) is 4.26. The van der Waals surface area contributed by atoms with Gasteiger partial charge in [0.2, 0.25) is 0 Å². The molecular formula is C19H24N4O4. The molecule has 1 aromatic carbocycles. The van der Waals surface area contributed by atoms with Crippen molar-refractivity contribution < 1.29 is 9.84 Å². The van der Waals surface area contributed by atoms with Crippen molar-refractivity contribution in [2.24, 2.45) is 7.05 Å². The topological polar surface area (TPSA) is 91.3 Å². The van der Waals surface area contributed by atoms with Gasteiger partial charge in [0.05, 0.1) is 12.6 Å². The van der Waals surface area contributed by atoms with Crippen LogP contribution in [0.2, 0.25) is 0 Å². The first kappa shape index (κ1) is 18.9. The summed E-state index contributed by atoms with van der Waals surface area (Å²) >= 11 is 0. The van der Waals surface area contributed by atoms with Crippen LogP contribution in [0.15, 0.2) is 39.9 Å². The van der Waals surface area contributed by atoms with Gasteiger partial charge < -0.3 is 9.84 Å². The number of ether oxygens (including phenoxy) is 1. The fourth-order valence-corrected chi connectivity index (χ4v) is 2.99. The van der Waals surface area contributed by atoms with Gasteiger partial charge in [0, 0.05) is 20.2 Å². The van der Waals surface area contributed by atoms with Crippen LogP contribution in [-0.2, 0) is 20.1 Å². The van der Waals surface area contributed by atoms with E-state index in [1.54, 1.807) is 11.6 Å². The predicted molar refractivity (Wildman–Crippen MR) is 102 cm³/mol. The van der Waals surface area contributed by atoms with E-state index < -0.39 is 11.2 Å². The van der Waals surface area contributed by atoms with Crippen LogP contribution in [0.1, 0.15) is 25.8 Å². The molecule has 0 unspecified atom stereocenters. The fraction of sp³-hybridized carbons (Fsp3) is 0.421. The number of hydrogen-bond acceptors (Lipinski definition) is 5. The van der Waals surface area contributed by atoms with Crippen LogP contribution < -0.4 is 16.0 Å². The van der Waals surface area contributed by atoms with E-state index in [-0.39, 0.29) is 24.9 Å². The molecule has 0 aliphatic carbocycles. The number of fused-ring (bicyclic) bond motifs is 1. The Labute approximate surface area is 156 Å². The van der Waals surface area contributed by atoms with Gasteiger partial charge in [-0.1, -0.05) is 30.3 Å². The number of aryl methyl sites for hydroxylation is 1. The van der Waals surface area contributed by atoms with Crippen LogP contribution in [0.3, 0.4) is 0 Å². The lowest BCUT2D eigenvalue weighted by atomic mass is 10.2. The van der Waals surface area contributed by atoms with Gasteiger partial charge in [-0.15, -0.1) is 0 Å². The highest BCUT2D eigenvalue weighted by atomic mass is 16.5. The Hall–Kier alpha value is -2.87. The summed E-state index contributed by atoms with van der Waals surface area (Å²) < 4.78 is 10.0. The van der Waals surface area contributed by atoms with E-state index in [1.807, 2.05) is 44.2 Å². The Morgan fingerprint density at radius 3 is 2.48 bits per heavy atom. The molecule has 0 spiro atoms. The maximum Gasteiger partial charge on any atom is 0.332 e. The molecule has 0 aliphatic rings. The largest absolute Gasteiger partial charge is 0.462 e. The summed E-state index contributed by atoms with van der Waals surface area (Å²) in [4.78, 5) is 30.1. The minimum Gasteiger partial charge on any atom is -0.462 e. The molecule has 0 amide bonds. The Bertz CT molecular complexity index is 1050. The van der Waals surface area contributed by atoms with Crippen molar-refractivity contribution in [1.29, 1.82) is 0 Å². The van der Waals surface area contributed by atoms with E-state index in [0.717, 1.165) is 10.1 Å². The molecular weight excluding hydrogens is 348 g/mol. The highest BCUT2D eigenvalue weighted by Crippen LogP contribution is 2.20. The molecule has 0 fully saturated rings. The maximum atomic E-state index is 13.1. The third-order valence-electron chi connectivity index (χ3n) is 4.26. The van der Waals surface area contributed by atoms with Crippen molar-refractivity contribution in [2.45, 2.75) is 39.5 Å². The fourth-order valence-electron chi connectivity index (χ4n) is 2.99. The Morgan fingerprint density at radius 1 is 1.15 bits per heavy atom.